The Morgan fingerprint density at radius 2 is 1.96 bits per heavy atom. The van der Waals surface area contributed by atoms with Crippen molar-refractivity contribution in [3.63, 3.8) is 0 Å². The summed E-state index contributed by atoms with van der Waals surface area (Å²) >= 11 is 5.45. The highest BCUT2D eigenvalue weighted by atomic mass is 32.1. The van der Waals surface area contributed by atoms with Crippen LogP contribution in [0.5, 0.6) is 5.75 Å². The molecule has 0 radical (unpaired) electrons. The van der Waals surface area contributed by atoms with Gasteiger partial charge in [0, 0.05) is 0 Å². The Hall–Kier alpha value is -3.06. The zero-order valence-corrected chi connectivity index (χ0v) is 15.4. The van der Waals surface area contributed by atoms with Crippen molar-refractivity contribution in [2.24, 2.45) is 0 Å². The number of fused-ring (bicyclic) bond motifs is 1. The van der Waals surface area contributed by atoms with Gasteiger partial charge in [0.15, 0.2) is 10.6 Å². The molecule has 0 saturated heterocycles. The smallest absolute Gasteiger partial charge is 0.200 e. The molecular weight excluding hydrogens is 346 g/mol. The lowest BCUT2D eigenvalue weighted by molar-refractivity contribution is 0.476. The van der Waals surface area contributed by atoms with Crippen LogP contribution in [0.25, 0.3) is 17.1 Å². The highest BCUT2D eigenvalue weighted by Crippen LogP contribution is 2.35. The summed E-state index contributed by atoms with van der Waals surface area (Å²) < 4.78 is 2.28. The molecule has 132 valence electrons. The first-order valence-electron chi connectivity index (χ1n) is 8.35. The lowest BCUT2D eigenvalue weighted by Gasteiger charge is -2.12. The fourth-order valence-corrected chi connectivity index (χ4v) is 3.49. The predicted molar refractivity (Wildman–Crippen MR) is 106 cm³/mol. The third-order valence-electron chi connectivity index (χ3n) is 4.58. The maximum atomic E-state index is 10.5. The molecule has 26 heavy (non-hydrogen) atoms. The molecule has 0 saturated carbocycles. The number of benzene rings is 2. The van der Waals surface area contributed by atoms with Crippen LogP contribution in [0, 0.1) is 11.7 Å². The van der Waals surface area contributed by atoms with Crippen molar-refractivity contribution >= 4 is 23.6 Å². The van der Waals surface area contributed by atoms with Crippen LogP contribution in [-0.2, 0) is 6.42 Å². The Labute approximate surface area is 156 Å². The molecule has 0 atom stereocenters. The minimum atomic E-state index is 0.185. The van der Waals surface area contributed by atoms with Crippen molar-refractivity contribution in [1.82, 2.24) is 14.8 Å². The van der Waals surface area contributed by atoms with Crippen molar-refractivity contribution in [2.75, 3.05) is 10.6 Å². The van der Waals surface area contributed by atoms with Crippen molar-refractivity contribution in [2.45, 2.75) is 20.3 Å². The average molecular weight is 365 g/mol. The number of H-pyrrole nitrogens is 1. The third-order valence-corrected chi connectivity index (χ3v) is 4.85. The van der Waals surface area contributed by atoms with Crippen LogP contribution in [-0.4, -0.2) is 19.9 Å². The van der Waals surface area contributed by atoms with E-state index < -0.39 is 0 Å². The van der Waals surface area contributed by atoms with Crippen LogP contribution in [0.3, 0.4) is 0 Å². The molecule has 6 nitrogen and oxygen atoms in total. The lowest BCUT2D eigenvalue weighted by Crippen LogP contribution is -2.00. The summed E-state index contributed by atoms with van der Waals surface area (Å²) in [5.41, 5.74) is 5.59. The van der Waals surface area contributed by atoms with Gasteiger partial charge in [-0.25, -0.2) is 0 Å². The molecule has 4 N–H and O–H groups in total. The number of aromatic amines is 1. The number of hydrogen-bond donors (Lipinski definition) is 4. The number of anilines is 2. The van der Waals surface area contributed by atoms with Gasteiger partial charge in [0.05, 0.1) is 22.6 Å². The molecule has 2 heterocycles. The van der Waals surface area contributed by atoms with E-state index in [1.54, 1.807) is 6.07 Å². The van der Waals surface area contributed by atoms with Gasteiger partial charge in [-0.15, -0.1) is 0 Å². The topological polar surface area (TPSA) is 77.9 Å². The van der Waals surface area contributed by atoms with E-state index in [0.717, 1.165) is 40.4 Å². The molecule has 3 aromatic rings. The molecule has 1 aliphatic heterocycles. The molecule has 0 aliphatic carbocycles. The molecule has 0 spiro atoms. The van der Waals surface area contributed by atoms with E-state index in [-0.39, 0.29) is 5.75 Å². The second kappa shape index (κ2) is 6.03. The van der Waals surface area contributed by atoms with Crippen LogP contribution in [0.1, 0.15) is 18.1 Å². The number of rotatable bonds is 3. The molecule has 0 fully saturated rings. The van der Waals surface area contributed by atoms with Crippen LogP contribution in [0.15, 0.2) is 42.7 Å². The molecule has 4 rings (SSSR count). The fraction of sp³-hybridized carbons (Fsp3) is 0.158. The van der Waals surface area contributed by atoms with Gasteiger partial charge in [0.1, 0.15) is 11.6 Å². The minimum Gasteiger partial charge on any atom is -0.507 e. The summed E-state index contributed by atoms with van der Waals surface area (Å²) in [6, 6.07) is 9.63. The van der Waals surface area contributed by atoms with Gasteiger partial charge in [0.25, 0.3) is 0 Å². The van der Waals surface area contributed by atoms with Gasteiger partial charge < -0.3 is 15.7 Å². The second-order valence-electron chi connectivity index (χ2n) is 6.30. The van der Waals surface area contributed by atoms with E-state index >= 15 is 0 Å². The van der Waals surface area contributed by atoms with Crippen LogP contribution < -0.4 is 10.6 Å². The minimum absolute atomic E-state index is 0.185. The Morgan fingerprint density at radius 1 is 1.19 bits per heavy atom. The summed E-state index contributed by atoms with van der Waals surface area (Å²) in [4.78, 5) is 0. The highest BCUT2D eigenvalue weighted by molar-refractivity contribution is 7.71. The van der Waals surface area contributed by atoms with E-state index in [4.69, 9.17) is 12.2 Å². The summed E-state index contributed by atoms with van der Waals surface area (Å²) in [7, 11) is 0. The maximum absolute atomic E-state index is 10.5. The molecular formula is C19H19N5OS. The molecule has 0 amide bonds. The number of nitrogens with one attached hydrogen (secondary N) is 3. The van der Waals surface area contributed by atoms with E-state index in [9.17, 15) is 5.11 Å². The normalized spacial score (nSPS) is 12.6. The van der Waals surface area contributed by atoms with Crippen molar-refractivity contribution < 1.29 is 5.11 Å². The quantitative estimate of drug-likeness (QED) is 0.515. The highest BCUT2D eigenvalue weighted by Gasteiger charge is 2.18. The average Bonchev–Trinajstić information content (AvgIpc) is 3.16. The van der Waals surface area contributed by atoms with Gasteiger partial charge in [0.2, 0.25) is 0 Å². The first kappa shape index (κ1) is 16.4. The Kier molecular flexibility index (Phi) is 3.81. The second-order valence-corrected chi connectivity index (χ2v) is 6.68. The lowest BCUT2D eigenvalue weighted by atomic mass is 10.0. The summed E-state index contributed by atoms with van der Waals surface area (Å²) in [6.07, 6.45) is 0.876. The summed E-state index contributed by atoms with van der Waals surface area (Å²) in [5, 5.41) is 24.0. The predicted octanol–water partition coefficient (Wildman–Crippen LogP) is 4.48. The zero-order chi connectivity index (χ0) is 18.4. The van der Waals surface area contributed by atoms with E-state index in [1.807, 2.05) is 35.8 Å². The molecule has 1 aliphatic rings. The van der Waals surface area contributed by atoms with Crippen LogP contribution in [0.2, 0.25) is 0 Å². The Bertz CT molecular complexity index is 1100. The number of aromatic nitrogens is 3. The fourth-order valence-electron chi connectivity index (χ4n) is 3.25. The van der Waals surface area contributed by atoms with Crippen molar-refractivity contribution in [3.8, 4) is 22.8 Å². The Morgan fingerprint density at radius 3 is 2.73 bits per heavy atom. The standard InChI is InChI=1S/C19H19N5OS/c1-4-12-8-14(17(25)7-10(12)2)18-22-23-19(26)24(18)13-5-6-15-16(9-13)21-11(3)20-15/h5-9,20-21,25H,3-4H2,1-2H3,(H,23,26). The zero-order valence-electron chi connectivity index (χ0n) is 14.6. The molecule has 2 aromatic carbocycles. The van der Waals surface area contributed by atoms with Crippen molar-refractivity contribution in [3.05, 3.63) is 58.6 Å². The van der Waals surface area contributed by atoms with Gasteiger partial charge in [-0.2, -0.15) is 5.10 Å². The van der Waals surface area contributed by atoms with Gasteiger partial charge in [-0.1, -0.05) is 13.5 Å². The Balaban J connectivity index is 1.89. The number of hydrogen-bond acceptors (Lipinski definition) is 5. The first-order valence-corrected chi connectivity index (χ1v) is 8.76. The first-order chi connectivity index (χ1) is 12.5. The monoisotopic (exact) mass is 365 g/mol. The SMILES string of the molecule is C=C1Nc2ccc(-n3c(-c4cc(CC)c(C)cc4O)n[nH]c3=S)cc2N1. The van der Waals surface area contributed by atoms with Gasteiger partial charge in [-0.3, -0.25) is 9.67 Å². The number of nitrogens with zero attached hydrogens (tertiary/aromatic N) is 2. The number of phenolic OH excluding ortho intramolecular Hbond substituents is 1. The molecule has 1 aromatic heterocycles. The number of aromatic hydroxyl groups is 1. The van der Waals surface area contributed by atoms with Gasteiger partial charge >= 0.3 is 0 Å². The van der Waals surface area contributed by atoms with Crippen molar-refractivity contribution in [1.29, 1.82) is 0 Å². The maximum Gasteiger partial charge on any atom is 0.200 e. The van der Waals surface area contributed by atoms with E-state index in [2.05, 4.69) is 34.3 Å². The number of aryl methyl sites for hydroxylation is 2. The van der Waals surface area contributed by atoms with Gasteiger partial charge in [-0.05, 0) is 67.0 Å². The molecule has 0 unspecified atom stereocenters. The van der Waals surface area contributed by atoms with E-state index in [0.29, 0.717) is 16.2 Å². The summed E-state index contributed by atoms with van der Waals surface area (Å²) in [5.74, 6) is 1.49. The summed E-state index contributed by atoms with van der Waals surface area (Å²) in [6.45, 7) is 7.96. The van der Waals surface area contributed by atoms with Crippen LogP contribution in [0.4, 0.5) is 11.4 Å². The number of phenols is 1. The van der Waals surface area contributed by atoms with E-state index in [1.165, 1.54) is 0 Å². The third kappa shape index (κ3) is 2.57. The molecule has 7 heteroatoms. The van der Waals surface area contributed by atoms with Crippen LogP contribution >= 0.6 is 12.2 Å². The largest absolute Gasteiger partial charge is 0.507 e. The molecule has 0 bridgehead atoms.